The number of ether oxygens (including phenoxy) is 2. The van der Waals surface area contributed by atoms with Gasteiger partial charge in [-0.1, -0.05) is 12.1 Å². The molecule has 0 fully saturated rings. The van der Waals surface area contributed by atoms with Crippen LogP contribution in [-0.2, 0) is 11.2 Å². The van der Waals surface area contributed by atoms with Gasteiger partial charge in [0.15, 0.2) is 0 Å². The number of hydrogen-bond donors (Lipinski definition) is 2. The predicted octanol–water partition coefficient (Wildman–Crippen LogP) is 2.09. The lowest BCUT2D eigenvalue weighted by molar-refractivity contribution is 0.0506. The second kappa shape index (κ2) is 7.14. The normalized spacial score (nSPS) is 12.7. The number of hydrogen-bond acceptors (Lipinski definition) is 4. The summed E-state index contributed by atoms with van der Waals surface area (Å²) in [4.78, 5) is 11.7. The number of amides is 1. The van der Waals surface area contributed by atoms with Gasteiger partial charge in [0.2, 0.25) is 0 Å². The Kier molecular flexibility index (Phi) is 5.82. The highest BCUT2D eigenvalue weighted by Crippen LogP contribution is 2.14. The molecule has 5 nitrogen and oxygen atoms in total. The van der Waals surface area contributed by atoms with E-state index < -0.39 is 11.7 Å². The Hall–Kier alpha value is -1.75. The minimum Gasteiger partial charge on any atom is -0.497 e. The first kappa shape index (κ1) is 16.3. The van der Waals surface area contributed by atoms with E-state index in [1.54, 1.807) is 7.11 Å². The molecule has 3 N–H and O–H groups in total. The minimum atomic E-state index is -0.515. The number of nitrogens with two attached hydrogens (primary N) is 1. The summed E-state index contributed by atoms with van der Waals surface area (Å²) in [5.41, 5.74) is 6.24. The van der Waals surface area contributed by atoms with Crippen molar-refractivity contribution in [2.24, 2.45) is 5.73 Å². The van der Waals surface area contributed by atoms with Crippen LogP contribution in [0, 0.1) is 0 Å². The third kappa shape index (κ3) is 5.93. The van der Waals surface area contributed by atoms with Gasteiger partial charge in [-0.2, -0.15) is 0 Å². The van der Waals surface area contributed by atoms with E-state index in [2.05, 4.69) is 5.32 Å². The van der Waals surface area contributed by atoms with Crippen molar-refractivity contribution < 1.29 is 14.3 Å². The Bertz CT molecular complexity index is 441. The molecule has 1 amide bonds. The molecule has 0 spiro atoms. The van der Waals surface area contributed by atoms with E-state index in [1.165, 1.54) is 0 Å². The molecule has 0 heterocycles. The van der Waals surface area contributed by atoms with Gasteiger partial charge in [-0.3, -0.25) is 0 Å². The van der Waals surface area contributed by atoms with E-state index in [-0.39, 0.29) is 6.04 Å². The first-order valence-electron chi connectivity index (χ1n) is 6.66. The Morgan fingerprint density at radius 2 is 2.10 bits per heavy atom. The van der Waals surface area contributed by atoms with Crippen LogP contribution in [0.3, 0.4) is 0 Å². The lowest BCUT2D eigenvalue weighted by atomic mass is 10.1. The minimum absolute atomic E-state index is 0.169. The number of carbonyl (C=O) groups is 1. The van der Waals surface area contributed by atoms with E-state index in [0.29, 0.717) is 13.0 Å². The summed E-state index contributed by atoms with van der Waals surface area (Å²) in [5, 5.41) is 2.78. The SMILES string of the molecule is COc1cccc(CC(CN)NC(=O)OC(C)(C)C)c1. The summed E-state index contributed by atoms with van der Waals surface area (Å²) in [6, 6.07) is 7.52. The van der Waals surface area contributed by atoms with Crippen molar-refractivity contribution in [3.8, 4) is 5.75 Å². The first-order chi connectivity index (χ1) is 9.34. The molecule has 1 aromatic rings. The molecule has 0 aliphatic carbocycles. The zero-order valence-electron chi connectivity index (χ0n) is 12.6. The summed E-state index contributed by atoms with van der Waals surface area (Å²) in [6.07, 6.45) is 0.184. The highest BCUT2D eigenvalue weighted by atomic mass is 16.6. The van der Waals surface area contributed by atoms with Crippen molar-refractivity contribution in [3.05, 3.63) is 29.8 Å². The maximum Gasteiger partial charge on any atom is 0.407 e. The Morgan fingerprint density at radius 1 is 1.40 bits per heavy atom. The molecule has 0 bridgehead atoms. The Labute approximate surface area is 120 Å². The van der Waals surface area contributed by atoms with Gasteiger partial charge in [0.25, 0.3) is 0 Å². The van der Waals surface area contributed by atoms with E-state index in [0.717, 1.165) is 11.3 Å². The highest BCUT2D eigenvalue weighted by molar-refractivity contribution is 5.68. The molecule has 0 aromatic heterocycles. The lowest BCUT2D eigenvalue weighted by Gasteiger charge is -2.23. The third-order valence-corrected chi connectivity index (χ3v) is 2.62. The fourth-order valence-electron chi connectivity index (χ4n) is 1.75. The predicted molar refractivity (Wildman–Crippen MR) is 78.9 cm³/mol. The van der Waals surface area contributed by atoms with Gasteiger partial charge in [0, 0.05) is 12.6 Å². The molecule has 1 atom stereocenters. The summed E-state index contributed by atoms with van der Waals surface area (Å²) in [7, 11) is 1.62. The van der Waals surface area contributed by atoms with Crippen LogP contribution in [0.1, 0.15) is 26.3 Å². The average Bonchev–Trinajstić information content (AvgIpc) is 2.36. The smallest absolute Gasteiger partial charge is 0.407 e. The molecule has 0 saturated carbocycles. The fourth-order valence-corrected chi connectivity index (χ4v) is 1.75. The lowest BCUT2D eigenvalue weighted by Crippen LogP contribution is -2.44. The molecule has 20 heavy (non-hydrogen) atoms. The molecule has 0 aliphatic rings. The van der Waals surface area contributed by atoms with Gasteiger partial charge in [-0.25, -0.2) is 4.79 Å². The zero-order valence-corrected chi connectivity index (χ0v) is 12.6. The van der Waals surface area contributed by atoms with Crippen LogP contribution in [-0.4, -0.2) is 31.4 Å². The molecule has 5 heteroatoms. The fraction of sp³-hybridized carbons (Fsp3) is 0.533. The monoisotopic (exact) mass is 280 g/mol. The van der Waals surface area contributed by atoms with E-state index in [1.807, 2.05) is 45.0 Å². The summed E-state index contributed by atoms with van der Waals surface area (Å²) >= 11 is 0. The van der Waals surface area contributed by atoms with Gasteiger partial charge < -0.3 is 20.5 Å². The van der Waals surface area contributed by atoms with Gasteiger partial charge in [-0.15, -0.1) is 0 Å². The Morgan fingerprint density at radius 3 is 2.65 bits per heavy atom. The third-order valence-electron chi connectivity index (χ3n) is 2.62. The van der Waals surface area contributed by atoms with Crippen molar-refractivity contribution in [2.45, 2.75) is 38.8 Å². The molecular formula is C15H24N2O3. The molecule has 1 aromatic carbocycles. The van der Waals surface area contributed by atoms with Gasteiger partial charge in [-0.05, 0) is 44.9 Å². The van der Waals surface area contributed by atoms with Crippen molar-refractivity contribution in [1.29, 1.82) is 0 Å². The molecule has 112 valence electrons. The quantitative estimate of drug-likeness (QED) is 0.866. The number of alkyl carbamates (subject to hydrolysis) is 1. The highest BCUT2D eigenvalue weighted by Gasteiger charge is 2.19. The van der Waals surface area contributed by atoms with Crippen LogP contribution in [0.5, 0.6) is 5.75 Å². The van der Waals surface area contributed by atoms with Crippen molar-refractivity contribution >= 4 is 6.09 Å². The molecule has 1 unspecified atom stereocenters. The van der Waals surface area contributed by atoms with Crippen LogP contribution in [0.15, 0.2) is 24.3 Å². The van der Waals surface area contributed by atoms with Crippen molar-refractivity contribution in [2.75, 3.05) is 13.7 Å². The molecular weight excluding hydrogens is 256 g/mol. The summed E-state index contributed by atoms with van der Waals surface area (Å²) < 4.78 is 10.4. The molecule has 1 rings (SSSR count). The number of rotatable bonds is 5. The largest absolute Gasteiger partial charge is 0.497 e. The maximum atomic E-state index is 11.7. The van der Waals surface area contributed by atoms with Gasteiger partial charge in [0.05, 0.1) is 7.11 Å². The first-order valence-corrected chi connectivity index (χ1v) is 6.66. The molecule has 0 radical (unpaired) electrons. The van der Waals surface area contributed by atoms with E-state index >= 15 is 0 Å². The second-order valence-corrected chi connectivity index (χ2v) is 5.63. The van der Waals surface area contributed by atoms with Gasteiger partial charge in [0.1, 0.15) is 11.4 Å². The van der Waals surface area contributed by atoms with Crippen LogP contribution in [0.2, 0.25) is 0 Å². The maximum absolute atomic E-state index is 11.7. The number of carbonyl (C=O) groups excluding carboxylic acids is 1. The zero-order chi connectivity index (χ0) is 15.2. The molecule has 0 saturated heterocycles. The van der Waals surface area contributed by atoms with E-state index in [9.17, 15) is 4.79 Å². The van der Waals surface area contributed by atoms with Crippen LogP contribution in [0.25, 0.3) is 0 Å². The standard InChI is InChI=1S/C15H24N2O3/c1-15(2,3)20-14(18)17-12(10-16)8-11-6-5-7-13(9-11)19-4/h5-7,9,12H,8,10,16H2,1-4H3,(H,17,18). The van der Waals surface area contributed by atoms with E-state index in [4.69, 9.17) is 15.2 Å². The van der Waals surface area contributed by atoms with Crippen molar-refractivity contribution in [1.82, 2.24) is 5.32 Å². The molecule has 0 aliphatic heterocycles. The summed E-state index contributed by atoms with van der Waals surface area (Å²) in [5.74, 6) is 0.788. The number of benzene rings is 1. The Balaban J connectivity index is 2.60. The summed E-state index contributed by atoms with van der Waals surface area (Å²) in [6.45, 7) is 5.82. The number of methoxy groups -OCH3 is 1. The van der Waals surface area contributed by atoms with Gasteiger partial charge >= 0.3 is 6.09 Å². The van der Waals surface area contributed by atoms with Crippen LogP contribution < -0.4 is 15.8 Å². The van der Waals surface area contributed by atoms with Crippen LogP contribution in [0.4, 0.5) is 4.79 Å². The second-order valence-electron chi connectivity index (χ2n) is 5.63. The number of nitrogens with one attached hydrogen (secondary N) is 1. The average molecular weight is 280 g/mol. The van der Waals surface area contributed by atoms with Crippen molar-refractivity contribution in [3.63, 3.8) is 0 Å². The topological polar surface area (TPSA) is 73.6 Å². The van der Waals surface area contributed by atoms with Crippen LogP contribution >= 0.6 is 0 Å².